The number of anilines is 1. The maximum absolute atomic E-state index is 12.8. The van der Waals surface area contributed by atoms with Gasteiger partial charge in [0.2, 0.25) is 11.8 Å². The van der Waals surface area contributed by atoms with E-state index in [9.17, 15) is 14.4 Å². The molecule has 4 rings (SSSR count). The summed E-state index contributed by atoms with van der Waals surface area (Å²) < 4.78 is 6.28. The van der Waals surface area contributed by atoms with Gasteiger partial charge in [0.15, 0.2) is 10.9 Å². The first-order chi connectivity index (χ1) is 13.9. The topological polar surface area (TPSA) is 88.6 Å². The highest BCUT2D eigenvalue weighted by Gasteiger charge is 2.44. The van der Waals surface area contributed by atoms with Crippen LogP contribution in [0.15, 0.2) is 29.8 Å². The molecule has 7 nitrogen and oxygen atoms in total. The molecule has 1 aromatic carbocycles. The first kappa shape index (κ1) is 19.6. The van der Waals surface area contributed by atoms with Crippen molar-refractivity contribution in [3.05, 3.63) is 40.9 Å². The fourth-order valence-corrected chi connectivity index (χ4v) is 4.52. The summed E-state index contributed by atoms with van der Waals surface area (Å²) >= 11 is 1.33. The van der Waals surface area contributed by atoms with Crippen molar-refractivity contribution in [3.63, 3.8) is 0 Å². The lowest BCUT2D eigenvalue weighted by Crippen LogP contribution is -2.46. The van der Waals surface area contributed by atoms with Gasteiger partial charge in [-0.15, -0.1) is 11.3 Å². The van der Waals surface area contributed by atoms with E-state index in [2.05, 4.69) is 10.3 Å². The number of hydrogen-bond donors (Lipinski definition) is 1. The fourth-order valence-electron chi connectivity index (χ4n) is 3.99. The quantitative estimate of drug-likeness (QED) is 0.835. The average Bonchev–Trinajstić information content (AvgIpc) is 3.14. The van der Waals surface area contributed by atoms with Crippen LogP contribution in [-0.4, -0.2) is 45.7 Å². The van der Waals surface area contributed by atoms with Gasteiger partial charge < -0.3 is 15.0 Å². The molecular formula is C21H23N3O4S. The summed E-state index contributed by atoms with van der Waals surface area (Å²) in [5.74, 6) is 0.257. The number of Topliss-reactive ketones (excluding diaryl/α,β-unsaturated/α-hetero) is 1. The Morgan fingerprint density at radius 2 is 2.17 bits per heavy atom. The molecule has 0 radical (unpaired) electrons. The number of ether oxygens (including phenoxy) is 1. The molecule has 1 N–H and O–H groups in total. The number of nitrogens with zero attached hydrogens (tertiary/aromatic N) is 2. The SMILES string of the molecule is Cc1ccc2c(c1)C(=O)CC1(CCC(=O)N(C(C)C(=O)Nc3nccs3)CC1)O2. The van der Waals surface area contributed by atoms with E-state index in [4.69, 9.17) is 4.74 Å². The molecule has 1 fully saturated rings. The number of rotatable bonds is 3. The number of carbonyl (C=O) groups is 3. The number of ketones is 1. The normalized spacial score (nSPS) is 22.6. The first-order valence-corrected chi connectivity index (χ1v) is 10.6. The van der Waals surface area contributed by atoms with Crippen LogP contribution in [0.25, 0.3) is 0 Å². The number of amides is 2. The monoisotopic (exact) mass is 413 g/mol. The molecule has 152 valence electrons. The minimum atomic E-state index is -0.699. The average molecular weight is 413 g/mol. The molecule has 2 aromatic rings. The zero-order valence-electron chi connectivity index (χ0n) is 16.4. The zero-order chi connectivity index (χ0) is 20.6. The van der Waals surface area contributed by atoms with Gasteiger partial charge in [-0.25, -0.2) is 4.98 Å². The molecule has 2 aliphatic rings. The van der Waals surface area contributed by atoms with Crippen molar-refractivity contribution in [1.29, 1.82) is 0 Å². The number of benzene rings is 1. The van der Waals surface area contributed by atoms with E-state index in [0.29, 0.717) is 35.8 Å². The van der Waals surface area contributed by atoms with E-state index in [1.54, 1.807) is 23.4 Å². The summed E-state index contributed by atoms with van der Waals surface area (Å²) in [7, 11) is 0. The predicted molar refractivity (Wildman–Crippen MR) is 109 cm³/mol. The summed E-state index contributed by atoms with van der Waals surface area (Å²) in [6, 6.07) is 4.97. The number of nitrogens with one attached hydrogen (secondary N) is 1. The van der Waals surface area contributed by atoms with E-state index >= 15 is 0 Å². The molecule has 1 saturated heterocycles. The number of hydrogen-bond acceptors (Lipinski definition) is 6. The van der Waals surface area contributed by atoms with E-state index in [1.807, 2.05) is 25.1 Å². The van der Waals surface area contributed by atoms with Crippen molar-refractivity contribution in [2.45, 2.75) is 51.2 Å². The molecular weight excluding hydrogens is 390 g/mol. The van der Waals surface area contributed by atoms with Gasteiger partial charge in [-0.05, 0) is 32.4 Å². The summed E-state index contributed by atoms with van der Waals surface area (Å²) in [4.78, 5) is 43.7. The van der Waals surface area contributed by atoms with Crippen molar-refractivity contribution in [1.82, 2.24) is 9.88 Å². The summed E-state index contributed by atoms with van der Waals surface area (Å²) in [5.41, 5.74) is 0.924. The van der Waals surface area contributed by atoms with Crippen LogP contribution in [0.5, 0.6) is 5.75 Å². The summed E-state index contributed by atoms with van der Waals surface area (Å²) in [6.07, 6.45) is 3.07. The van der Waals surface area contributed by atoms with Gasteiger partial charge >= 0.3 is 0 Å². The number of fused-ring (bicyclic) bond motifs is 1. The van der Waals surface area contributed by atoms with Crippen molar-refractivity contribution in [2.24, 2.45) is 0 Å². The highest BCUT2D eigenvalue weighted by molar-refractivity contribution is 7.13. The largest absolute Gasteiger partial charge is 0.486 e. The Morgan fingerprint density at radius 1 is 1.34 bits per heavy atom. The lowest BCUT2D eigenvalue weighted by atomic mass is 9.84. The first-order valence-electron chi connectivity index (χ1n) is 9.70. The molecule has 2 atom stereocenters. The lowest BCUT2D eigenvalue weighted by molar-refractivity contribution is -0.137. The van der Waals surface area contributed by atoms with E-state index < -0.39 is 11.6 Å². The fraction of sp³-hybridized carbons (Fsp3) is 0.429. The van der Waals surface area contributed by atoms with Crippen LogP contribution in [0.1, 0.15) is 48.5 Å². The second-order valence-electron chi connectivity index (χ2n) is 7.72. The van der Waals surface area contributed by atoms with Gasteiger partial charge in [0.25, 0.3) is 0 Å². The van der Waals surface area contributed by atoms with Crippen LogP contribution in [0.2, 0.25) is 0 Å². The Bertz CT molecular complexity index is 959. The third kappa shape index (κ3) is 3.89. The summed E-state index contributed by atoms with van der Waals surface area (Å²) in [5, 5.41) is 5.03. The van der Waals surface area contributed by atoms with Crippen molar-refractivity contribution in [2.75, 3.05) is 11.9 Å². The van der Waals surface area contributed by atoms with E-state index in [1.165, 1.54) is 11.3 Å². The Kier molecular flexibility index (Phi) is 5.12. The van der Waals surface area contributed by atoms with E-state index in [0.717, 1.165) is 5.56 Å². The number of carbonyl (C=O) groups excluding carboxylic acids is 3. The smallest absolute Gasteiger partial charge is 0.248 e. The zero-order valence-corrected chi connectivity index (χ0v) is 17.3. The minimum Gasteiger partial charge on any atom is -0.486 e. The van der Waals surface area contributed by atoms with Crippen LogP contribution in [-0.2, 0) is 9.59 Å². The number of likely N-dealkylation sites (tertiary alicyclic amines) is 1. The molecule has 0 aliphatic carbocycles. The summed E-state index contributed by atoms with van der Waals surface area (Å²) in [6.45, 7) is 4.02. The van der Waals surface area contributed by atoms with Crippen LogP contribution in [0.4, 0.5) is 5.13 Å². The van der Waals surface area contributed by atoms with Crippen molar-refractivity contribution >= 4 is 34.1 Å². The number of aromatic nitrogens is 1. The van der Waals surface area contributed by atoms with Gasteiger partial charge in [-0.3, -0.25) is 14.4 Å². The molecule has 1 aromatic heterocycles. The maximum Gasteiger partial charge on any atom is 0.248 e. The third-order valence-corrected chi connectivity index (χ3v) is 6.37. The van der Waals surface area contributed by atoms with Crippen LogP contribution in [0.3, 0.4) is 0 Å². The molecule has 2 aliphatic heterocycles. The molecule has 2 amide bonds. The minimum absolute atomic E-state index is 0.0467. The molecule has 2 unspecified atom stereocenters. The number of aryl methyl sites for hydroxylation is 1. The van der Waals surface area contributed by atoms with Crippen LogP contribution < -0.4 is 10.1 Å². The number of thiazole rings is 1. The van der Waals surface area contributed by atoms with Crippen LogP contribution in [0, 0.1) is 6.92 Å². The second kappa shape index (κ2) is 7.59. The standard InChI is InChI=1S/C21H23N3O4S/c1-13-3-4-17-15(11-13)16(25)12-21(28-17)6-5-18(26)24(9-7-21)14(2)19(27)23-20-22-8-10-29-20/h3-4,8,10-11,14H,5-7,9,12H2,1-2H3,(H,22,23,27). The third-order valence-electron chi connectivity index (χ3n) is 5.68. The highest BCUT2D eigenvalue weighted by Crippen LogP contribution is 2.40. The van der Waals surface area contributed by atoms with E-state index in [-0.39, 0.29) is 30.4 Å². The Morgan fingerprint density at radius 3 is 2.93 bits per heavy atom. The Hall–Kier alpha value is -2.74. The molecule has 0 bridgehead atoms. The second-order valence-corrected chi connectivity index (χ2v) is 8.62. The van der Waals surface area contributed by atoms with Crippen molar-refractivity contribution < 1.29 is 19.1 Å². The van der Waals surface area contributed by atoms with Gasteiger partial charge in [-0.1, -0.05) is 11.6 Å². The van der Waals surface area contributed by atoms with Gasteiger partial charge in [-0.2, -0.15) is 0 Å². The molecule has 3 heterocycles. The van der Waals surface area contributed by atoms with Crippen molar-refractivity contribution in [3.8, 4) is 5.75 Å². The molecule has 0 saturated carbocycles. The molecule has 1 spiro atoms. The predicted octanol–water partition coefficient (Wildman–Crippen LogP) is 3.20. The van der Waals surface area contributed by atoms with Gasteiger partial charge in [0.05, 0.1) is 12.0 Å². The highest BCUT2D eigenvalue weighted by atomic mass is 32.1. The van der Waals surface area contributed by atoms with Gasteiger partial charge in [0.1, 0.15) is 17.4 Å². The Balaban J connectivity index is 1.49. The maximum atomic E-state index is 12.8. The lowest BCUT2D eigenvalue weighted by Gasteiger charge is -2.37. The van der Waals surface area contributed by atoms with Crippen LogP contribution >= 0.6 is 11.3 Å². The molecule has 8 heteroatoms. The molecule has 29 heavy (non-hydrogen) atoms. The van der Waals surface area contributed by atoms with Gasteiger partial charge in [0, 0.05) is 31.0 Å². The Labute approximate surface area is 173 Å².